The minimum Gasteiger partial charge on any atom is -0.339 e. The van der Waals surface area contributed by atoms with Crippen LogP contribution in [-0.4, -0.2) is 23.9 Å². The van der Waals surface area contributed by atoms with Crippen LogP contribution in [0.1, 0.15) is 49.0 Å². The Morgan fingerprint density at radius 2 is 1.94 bits per heavy atom. The molecule has 1 heterocycles. The zero-order valence-corrected chi connectivity index (χ0v) is 11.5. The van der Waals surface area contributed by atoms with Crippen molar-refractivity contribution in [3.8, 4) is 0 Å². The smallest absolute Gasteiger partial charge is 0.253 e. The summed E-state index contributed by atoms with van der Waals surface area (Å²) in [5, 5.41) is 0. The molecule has 2 nitrogen and oxygen atoms in total. The number of carbonyl (C=O) groups excluding carboxylic acids is 1. The first-order valence-electron chi connectivity index (χ1n) is 7.05. The van der Waals surface area contributed by atoms with Gasteiger partial charge in [-0.3, -0.25) is 4.79 Å². The van der Waals surface area contributed by atoms with E-state index < -0.39 is 0 Å². The van der Waals surface area contributed by atoms with E-state index in [4.69, 9.17) is 0 Å². The van der Waals surface area contributed by atoms with E-state index in [0.717, 1.165) is 37.9 Å². The Labute approximate surface area is 110 Å². The highest BCUT2D eigenvalue weighted by molar-refractivity contribution is 5.94. The summed E-state index contributed by atoms with van der Waals surface area (Å²) >= 11 is 0. The molecule has 2 rings (SSSR count). The summed E-state index contributed by atoms with van der Waals surface area (Å²) in [6, 6.07) is 8.14. The first-order valence-corrected chi connectivity index (χ1v) is 7.05. The molecule has 1 amide bonds. The summed E-state index contributed by atoms with van der Waals surface area (Å²) in [5.74, 6) is 0.839. The van der Waals surface area contributed by atoms with E-state index in [1.807, 2.05) is 17.0 Å². The van der Waals surface area contributed by atoms with Gasteiger partial charge in [0, 0.05) is 18.7 Å². The van der Waals surface area contributed by atoms with Crippen LogP contribution in [0.5, 0.6) is 0 Å². The van der Waals surface area contributed by atoms with E-state index in [2.05, 4.69) is 26.0 Å². The largest absolute Gasteiger partial charge is 0.339 e. The summed E-state index contributed by atoms with van der Waals surface area (Å²) in [7, 11) is 0. The third-order valence-corrected chi connectivity index (χ3v) is 3.46. The highest BCUT2D eigenvalue weighted by Gasteiger charge is 2.18. The fourth-order valence-corrected chi connectivity index (χ4v) is 2.58. The highest BCUT2D eigenvalue weighted by Crippen LogP contribution is 2.15. The van der Waals surface area contributed by atoms with Gasteiger partial charge in [0.05, 0.1) is 0 Å². The molecule has 0 atom stereocenters. The summed E-state index contributed by atoms with van der Waals surface area (Å²) < 4.78 is 0. The van der Waals surface area contributed by atoms with E-state index in [-0.39, 0.29) is 5.91 Å². The first kappa shape index (κ1) is 13.1. The molecule has 0 N–H and O–H groups in total. The number of hydrogen-bond donors (Lipinski definition) is 0. The van der Waals surface area contributed by atoms with Crippen LogP contribution in [0.4, 0.5) is 0 Å². The van der Waals surface area contributed by atoms with Crippen molar-refractivity contribution in [2.24, 2.45) is 5.92 Å². The molecule has 1 aromatic rings. The number of piperidine rings is 1. The number of amides is 1. The molecule has 0 aromatic heterocycles. The van der Waals surface area contributed by atoms with Gasteiger partial charge < -0.3 is 4.90 Å². The molecule has 0 bridgehead atoms. The molecule has 1 fully saturated rings. The minimum absolute atomic E-state index is 0.209. The quantitative estimate of drug-likeness (QED) is 0.798. The lowest BCUT2D eigenvalue weighted by atomic mass is 10.0. The van der Waals surface area contributed by atoms with Crippen molar-refractivity contribution in [1.82, 2.24) is 4.90 Å². The Balaban J connectivity index is 2.09. The van der Waals surface area contributed by atoms with Crippen molar-refractivity contribution >= 4 is 5.91 Å². The first-order chi connectivity index (χ1) is 8.66. The summed E-state index contributed by atoms with van der Waals surface area (Å²) in [6.45, 7) is 6.26. The van der Waals surface area contributed by atoms with Gasteiger partial charge in [-0.2, -0.15) is 0 Å². The third kappa shape index (κ3) is 3.34. The lowest BCUT2D eigenvalue weighted by molar-refractivity contribution is 0.0724. The second-order valence-corrected chi connectivity index (χ2v) is 5.65. The van der Waals surface area contributed by atoms with Gasteiger partial charge >= 0.3 is 0 Å². The maximum Gasteiger partial charge on any atom is 0.253 e. The topological polar surface area (TPSA) is 20.3 Å². The normalized spacial score (nSPS) is 16.1. The number of benzene rings is 1. The van der Waals surface area contributed by atoms with Gasteiger partial charge in [0.25, 0.3) is 5.91 Å². The van der Waals surface area contributed by atoms with Crippen LogP contribution in [0.25, 0.3) is 0 Å². The standard InChI is InChI=1S/C16H23NO/c1-13(2)11-14-7-6-8-15(12-14)16(18)17-9-4-3-5-10-17/h6-8,12-13H,3-5,9-11H2,1-2H3. The molecule has 0 unspecified atom stereocenters. The van der Waals surface area contributed by atoms with Gasteiger partial charge in [0.1, 0.15) is 0 Å². The Kier molecular flexibility index (Phi) is 4.40. The van der Waals surface area contributed by atoms with Crippen LogP contribution in [0, 0.1) is 5.92 Å². The minimum atomic E-state index is 0.209. The number of rotatable bonds is 3. The van der Waals surface area contributed by atoms with Gasteiger partial charge in [-0.15, -0.1) is 0 Å². The molecule has 1 aliphatic heterocycles. The van der Waals surface area contributed by atoms with Crippen molar-refractivity contribution < 1.29 is 4.79 Å². The molecule has 0 radical (unpaired) electrons. The maximum atomic E-state index is 12.4. The van der Waals surface area contributed by atoms with Crippen molar-refractivity contribution in [2.75, 3.05) is 13.1 Å². The molecule has 0 aliphatic carbocycles. The Morgan fingerprint density at radius 3 is 2.61 bits per heavy atom. The molecule has 1 saturated heterocycles. The van der Waals surface area contributed by atoms with Crippen LogP contribution < -0.4 is 0 Å². The Hall–Kier alpha value is -1.31. The van der Waals surface area contributed by atoms with Gasteiger partial charge in [-0.05, 0) is 49.3 Å². The summed E-state index contributed by atoms with van der Waals surface area (Å²) in [6.07, 6.45) is 4.60. The molecule has 2 heteroatoms. The van der Waals surface area contributed by atoms with Gasteiger partial charge in [-0.25, -0.2) is 0 Å². The summed E-state index contributed by atoms with van der Waals surface area (Å²) in [5.41, 5.74) is 2.13. The van der Waals surface area contributed by atoms with Crippen molar-refractivity contribution in [1.29, 1.82) is 0 Å². The van der Waals surface area contributed by atoms with Crippen LogP contribution in [0.3, 0.4) is 0 Å². The van der Waals surface area contributed by atoms with Gasteiger partial charge in [-0.1, -0.05) is 26.0 Å². The maximum absolute atomic E-state index is 12.4. The van der Waals surface area contributed by atoms with E-state index in [9.17, 15) is 4.79 Å². The SMILES string of the molecule is CC(C)Cc1cccc(C(=O)N2CCCCC2)c1. The van der Waals surface area contributed by atoms with Crippen LogP contribution >= 0.6 is 0 Å². The van der Waals surface area contributed by atoms with E-state index in [1.165, 1.54) is 12.0 Å². The molecule has 0 saturated carbocycles. The highest BCUT2D eigenvalue weighted by atomic mass is 16.2. The number of likely N-dealkylation sites (tertiary alicyclic amines) is 1. The lowest BCUT2D eigenvalue weighted by Gasteiger charge is -2.26. The second kappa shape index (κ2) is 6.03. The summed E-state index contributed by atoms with van der Waals surface area (Å²) in [4.78, 5) is 14.4. The van der Waals surface area contributed by atoms with Crippen molar-refractivity contribution in [3.05, 3.63) is 35.4 Å². The van der Waals surface area contributed by atoms with E-state index in [0.29, 0.717) is 5.92 Å². The second-order valence-electron chi connectivity index (χ2n) is 5.65. The Bertz CT molecular complexity index is 405. The average Bonchev–Trinajstić information content (AvgIpc) is 2.38. The van der Waals surface area contributed by atoms with Crippen LogP contribution in [0.2, 0.25) is 0 Å². The van der Waals surface area contributed by atoms with Gasteiger partial charge in [0.15, 0.2) is 0 Å². The molecule has 1 aromatic carbocycles. The van der Waals surface area contributed by atoms with Gasteiger partial charge in [0.2, 0.25) is 0 Å². The fourth-order valence-electron chi connectivity index (χ4n) is 2.58. The predicted octanol–water partition coefficient (Wildman–Crippen LogP) is 3.51. The van der Waals surface area contributed by atoms with Crippen molar-refractivity contribution in [2.45, 2.75) is 39.5 Å². The van der Waals surface area contributed by atoms with E-state index in [1.54, 1.807) is 0 Å². The average molecular weight is 245 g/mol. The molecular weight excluding hydrogens is 222 g/mol. The molecule has 0 spiro atoms. The molecular formula is C16H23NO. The fraction of sp³-hybridized carbons (Fsp3) is 0.562. The van der Waals surface area contributed by atoms with Crippen molar-refractivity contribution in [3.63, 3.8) is 0 Å². The number of carbonyl (C=O) groups is 1. The lowest BCUT2D eigenvalue weighted by Crippen LogP contribution is -2.35. The molecule has 98 valence electrons. The number of nitrogens with zero attached hydrogens (tertiary/aromatic N) is 1. The zero-order chi connectivity index (χ0) is 13.0. The van der Waals surface area contributed by atoms with E-state index >= 15 is 0 Å². The molecule has 1 aliphatic rings. The Morgan fingerprint density at radius 1 is 1.22 bits per heavy atom. The molecule has 18 heavy (non-hydrogen) atoms. The predicted molar refractivity (Wildman–Crippen MR) is 74.7 cm³/mol. The van der Waals surface area contributed by atoms with Crippen LogP contribution in [-0.2, 0) is 6.42 Å². The zero-order valence-electron chi connectivity index (χ0n) is 11.5. The number of hydrogen-bond acceptors (Lipinski definition) is 1. The third-order valence-electron chi connectivity index (χ3n) is 3.46. The van der Waals surface area contributed by atoms with Crippen LogP contribution in [0.15, 0.2) is 24.3 Å². The monoisotopic (exact) mass is 245 g/mol.